The number of unbranched alkanes of at least 4 members (excludes halogenated alkanes) is 1. The van der Waals surface area contributed by atoms with Crippen molar-refractivity contribution in [3.05, 3.63) is 0 Å². The van der Waals surface area contributed by atoms with Crippen molar-refractivity contribution < 1.29 is 14.6 Å². The van der Waals surface area contributed by atoms with Crippen molar-refractivity contribution in [3.63, 3.8) is 0 Å². The Balaban J connectivity index is 3.65. The Bertz CT molecular complexity index is 173. The molecule has 1 atom stereocenters. The van der Waals surface area contributed by atoms with Crippen LogP contribution in [0.5, 0.6) is 0 Å². The molecule has 4 heteroatoms. The van der Waals surface area contributed by atoms with Crippen LogP contribution in [0.25, 0.3) is 0 Å². The molecule has 0 fully saturated rings. The highest BCUT2D eigenvalue weighted by Crippen LogP contribution is 2.04. The summed E-state index contributed by atoms with van der Waals surface area (Å²) in [4.78, 5) is 12.6. The van der Waals surface area contributed by atoms with Gasteiger partial charge in [0, 0.05) is 19.6 Å². The molecule has 4 nitrogen and oxygen atoms in total. The van der Waals surface area contributed by atoms with Crippen molar-refractivity contribution in [2.75, 3.05) is 26.8 Å². The van der Waals surface area contributed by atoms with Gasteiger partial charge < -0.3 is 9.84 Å². The molecule has 0 aliphatic carbocycles. The van der Waals surface area contributed by atoms with Crippen LogP contribution < -0.4 is 0 Å². The van der Waals surface area contributed by atoms with Gasteiger partial charge in [0.15, 0.2) is 0 Å². The molecule has 0 aromatic heterocycles. The second-order valence-electron chi connectivity index (χ2n) is 3.78. The largest absolute Gasteiger partial charge is 0.481 e. The third kappa shape index (κ3) is 7.33. The molecular weight excluding hydrogens is 194 g/mol. The number of ether oxygens (including phenoxy) is 1. The molecule has 15 heavy (non-hydrogen) atoms. The molecule has 0 aromatic rings. The topological polar surface area (TPSA) is 49.8 Å². The van der Waals surface area contributed by atoms with Gasteiger partial charge in [0.2, 0.25) is 0 Å². The van der Waals surface area contributed by atoms with Gasteiger partial charge in [0.25, 0.3) is 0 Å². The quantitative estimate of drug-likeness (QED) is 0.596. The van der Waals surface area contributed by atoms with Gasteiger partial charge in [-0.15, -0.1) is 0 Å². The van der Waals surface area contributed by atoms with Gasteiger partial charge in [-0.2, -0.15) is 0 Å². The van der Waals surface area contributed by atoms with E-state index in [0.717, 1.165) is 32.5 Å². The fourth-order valence-corrected chi connectivity index (χ4v) is 1.63. The van der Waals surface area contributed by atoms with E-state index in [4.69, 9.17) is 9.84 Å². The van der Waals surface area contributed by atoms with Crippen LogP contribution in [0.3, 0.4) is 0 Å². The average molecular weight is 217 g/mol. The van der Waals surface area contributed by atoms with Crippen molar-refractivity contribution in [1.29, 1.82) is 0 Å². The summed E-state index contributed by atoms with van der Waals surface area (Å²) in [5.41, 5.74) is 0. The lowest BCUT2D eigenvalue weighted by molar-refractivity contribution is -0.137. The van der Waals surface area contributed by atoms with E-state index in [1.54, 1.807) is 7.11 Å². The van der Waals surface area contributed by atoms with Gasteiger partial charge in [-0.25, -0.2) is 0 Å². The molecular formula is C11H23NO3. The Kier molecular flexibility index (Phi) is 8.33. The number of carboxylic acids is 1. The van der Waals surface area contributed by atoms with E-state index in [9.17, 15) is 4.79 Å². The van der Waals surface area contributed by atoms with Gasteiger partial charge in [-0.3, -0.25) is 9.69 Å². The Morgan fingerprint density at radius 1 is 1.47 bits per heavy atom. The minimum atomic E-state index is -0.706. The number of likely N-dealkylation sites (N-methyl/N-ethyl adjacent to an activating group) is 1. The summed E-state index contributed by atoms with van der Waals surface area (Å²) in [5.74, 6) is -0.706. The SMILES string of the molecule is CCN(CCCCC(=O)O)C(C)COC. The van der Waals surface area contributed by atoms with Crippen molar-refractivity contribution in [2.24, 2.45) is 0 Å². The number of hydrogen-bond donors (Lipinski definition) is 1. The number of carbonyl (C=O) groups is 1. The maximum absolute atomic E-state index is 10.3. The van der Waals surface area contributed by atoms with Crippen molar-refractivity contribution in [2.45, 2.75) is 39.2 Å². The molecule has 0 saturated heterocycles. The number of carboxylic acid groups (broad SMARTS) is 1. The van der Waals surface area contributed by atoms with Crippen LogP contribution in [0.4, 0.5) is 0 Å². The van der Waals surface area contributed by atoms with Gasteiger partial charge in [-0.1, -0.05) is 6.92 Å². The van der Waals surface area contributed by atoms with E-state index < -0.39 is 5.97 Å². The summed E-state index contributed by atoms with van der Waals surface area (Å²) in [6.45, 7) is 6.91. The zero-order valence-electron chi connectivity index (χ0n) is 10.0. The maximum Gasteiger partial charge on any atom is 0.303 e. The van der Waals surface area contributed by atoms with E-state index in [1.807, 2.05) is 0 Å². The lowest BCUT2D eigenvalue weighted by Crippen LogP contribution is -2.36. The molecule has 0 radical (unpaired) electrons. The van der Waals surface area contributed by atoms with E-state index >= 15 is 0 Å². The molecule has 0 amide bonds. The molecule has 90 valence electrons. The minimum Gasteiger partial charge on any atom is -0.481 e. The Morgan fingerprint density at radius 3 is 2.60 bits per heavy atom. The fraction of sp³-hybridized carbons (Fsp3) is 0.909. The molecule has 0 heterocycles. The van der Waals surface area contributed by atoms with Gasteiger partial charge in [-0.05, 0) is 32.9 Å². The number of hydrogen-bond acceptors (Lipinski definition) is 3. The van der Waals surface area contributed by atoms with E-state index in [1.165, 1.54) is 0 Å². The van der Waals surface area contributed by atoms with Crippen LogP contribution in [0.2, 0.25) is 0 Å². The molecule has 0 spiro atoms. The molecule has 0 saturated carbocycles. The molecule has 0 aliphatic heterocycles. The number of aliphatic carboxylic acids is 1. The highest BCUT2D eigenvalue weighted by atomic mass is 16.5. The van der Waals surface area contributed by atoms with Crippen LogP contribution in [-0.2, 0) is 9.53 Å². The Hall–Kier alpha value is -0.610. The van der Waals surface area contributed by atoms with Crippen molar-refractivity contribution in [1.82, 2.24) is 4.90 Å². The predicted molar refractivity (Wildman–Crippen MR) is 60.1 cm³/mol. The highest BCUT2D eigenvalue weighted by Gasteiger charge is 2.10. The third-order valence-electron chi connectivity index (χ3n) is 2.52. The maximum atomic E-state index is 10.3. The van der Waals surface area contributed by atoms with E-state index in [-0.39, 0.29) is 6.42 Å². The smallest absolute Gasteiger partial charge is 0.303 e. The van der Waals surface area contributed by atoms with Crippen molar-refractivity contribution in [3.8, 4) is 0 Å². The molecule has 1 unspecified atom stereocenters. The third-order valence-corrected chi connectivity index (χ3v) is 2.52. The summed E-state index contributed by atoms with van der Waals surface area (Å²) in [7, 11) is 1.70. The van der Waals surface area contributed by atoms with E-state index in [0.29, 0.717) is 6.04 Å². The Labute approximate surface area is 92.2 Å². The van der Waals surface area contributed by atoms with Gasteiger partial charge in [0.1, 0.15) is 0 Å². The van der Waals surface area contributed by atoms with Crippen LogP contribution in [0.15, 0.2) is 0 Å². The Morgan fingerprint density at radius 2 is 2.13 bits per heavy atom. The summed E-state index contributed by atoms with van der Waals surface area (Å²) in [6.07, 6.45) is 1.97. The van der Waals surface area contributed by atoms with Crippen LogP contribution >= 0.6 is 0 Å². The normalized spacial score (nSPS) is 13.1. The zero-order valence-corrected chi connectivity index (χ0v) is 10.0. The second-order valence-corrected chi connectivity index (χ2v) is 3.78. The molecule has 0 aliphatic rings. The number of nitrogens with zero attached hydrogens (tertiary/aromatic N) is 1. The molecule has 0 rings (SSSR count). The predicted octanol–water partition coefficient (Wildman–Crippen LogP) is 1.60. The first kappa shape index (κ1) is 14.4. The lowest BCUT2D eigenvalue weighted by Gasteiger charge is -2.27. The first-order chi connectivity index (χ1) is 7.11. The standard InChI is InChI=1S/C11H23NO3/c1-4-12(10(2)9-15-3)8-6-5-7-11(13)14/h10H,4-9H2,1-3H3,(H,13,14). The number of methoxy groups -OCH3 is 1. The fourth-order valence-electron chi connectivity index (χ4n) is 1.63. The summed E-state index contributed by atoms with van der Waals surface area (Å²) >= 11 is 0. The van der Waals surface area contributed by atoms with Crippen LogP contribution in [-0.4, -0.2) is 48.8 Å². The number of rotatable bonds is 9. The highest BCUT2D eigenvalue weighted by molar-refractivity contribution is 5.66. The monoisotopic (exact) mass is 217 g/mol. The van der Waals surface area contributed by atoms with Gasteiger partial charge >= 0.3 is 5.97 Å². The lowest BCUT2D eigenvalue weighted by atomic mass is 10.2. The zero-order chi connectivity index (χ0) is 11.7. The molecule has 1 N–H and O–H groups in total. The van der Waals surface area contributed by atoms with Crippen LogP contribution in [0, 0.1) is 0 Å². The van der Waals surface area contributed by atoms with E-state index in [2.05, 4.69) is 18.7 Å². The first-order valence-electron chi connectivity index (χ1n) is 5.56. The van der Waals surface area contributed by atoms with Gasteiger partial charge in [0.05, 0.1) is 6.61 Å². The summed E-state index contributed by atoms with van der Waals surface area (Å²) in [6, 6.07) is 0.407. The minimum absolute atomic E-state index is 0.274. The van der Waals surface area contributed by atoms with Crippen molar-refractivity contribution >= 4 is 5.97 Å². The summed E-state index contributed by atoms with van der Waals surface area (Å²) in [5, 5.41) is 8.50. The molecule has 0 bridgehead atoms. The first-order valence-corrected chi connectivity index (χ1v) is 5.56. The summed E-state index contributed by atoms with van der Waals surface area (Å²) < 4.78 is 5.10. The van der Waals surface area contributed by atoms with Crippen LogP contribution in [0.1, 0.15) is 33.1 Å². The second kappa shape index (κ2) is 8.68. The average Bonchev–Trinajstić information content (AvgIpc) is 2.17. The molecule has 0 aromatic carbocycles.